The average Bonchev–Trinajstić information content (AvgIpc) is 2.59. The van der Waals surface area contributed by atoms with Gasteiger partial charge in [-0.3, -0.25) is 9.79 Å². The van der Waals surface area contributed by atoms with Gasteiger partial charge in [0.2, 0.25) is 5.96 Å². The normalized spacial score (nSPS) is 13.0. The first-order valence-corrected chi connectivity index (χ1v) is 8.64. The van der Waals surface area contributed by atoms with E-state index in [1.807, 2.05) is 4.91 Å². The summed E-state index contributed by atoms with van der Waals surface area (Å²) < 4.78 is 80.6. The number of sulfonamides is 1. The van der Waals surface area contributed by atoms with Crippen molar-refractivity contribution < 1.29 is 35.9 Å². The van der Waals surface area contributed by atoms with Gasteiger partial charge in [-0.05, 0) is 18.4 Å². The van der Waals surface area contributed by atoms with Crippen LogP contribution < -0.4 is 16.2 Å². The number of benzene rings is 1. The molecule has 0 aromatic heterocycles. The second-order valence-corrected chi connectivity index (χ2v) is 6.70. The largest absolute Gasteiger partial charge is 0.480 e. The first-order chi connectivity index (χ1) is 12.9. The fraction of sp³-hybridized carbons (Fsp3) is 0.333. The Morgan fingerprint density at radius 2 is 1.75 bits per heavy atom. The topological polar surface area (TPSA) is 197 Å². The lowest BCUT2D eigenvalue weighted by molar-refractivity contribution is -0.138. The van der Waals surface area contributed by atoms with Crippen molar-refractivity contribution in [1.82, 2.24) is 4.72 Å². The van der Waals surface area contributed by atoms with Gasteiger partial charge >= 0.3 is 5.97 Å². The molecule has 0 aliphatic carbocycles. The first kappa shape index (κ1) is 22.9. The van der Waals surface area contributed by atoms with Gasteiger partial charge in [-0.25, -0.2) is 30.7 Å². The van der Waals surface area contributed by atoms with Crippen LogP contribution in [0.15, 0.2) is 15.0 Å². The van der Waals surface area contributed by atoms with Gasteiger partial charge in [-0.15, -0.1) is 0 Å². The average molecular weight is 427 g/mol. The van der Waals surface area contributed by atoms with Crippen molar-refractivity contribution in [2.45, 2.75) is 23.8 Å². The molecule has 0 radical (unpaired) electrons. The van der Waals surface area contributed by atoms with Crippen LogP contribution in [0, 0.1) is 23.3 Å². The van der Waals surface area contributed by atoms with Gasteiger partial charge in [0.15, 0.2) is 28.2 Å². The van der Waals surface area contributed by atoms with Crippen molar-refractivity contribution >= 4 is 27.6 Å². The molecule has 0 aliphatic heterocycles. The summed E-state index contributed by atoms with van der Waals surface area (Å²) in [4.78, 5) is 13.9. The number of hydrogen-bond donors (Lipinski definition) is 4. The van der Waals surface area contributed by atoms with Gasteiger partial charge in [0.05, 0.1) is 0 Å². The van der Waals surface area contributed by atoms with Crippen LogP contribution in [0.3, 0.4) is 0 Å². The number of carboxylic acid groups (broad SMARTS) is 1. The van der Waals surface area contributed by atoms with Crippen LogP contribution in [0.4, 0.5) is 23.2 Å². The van der Waals surface area contributed by atoms with E-state index in [0.717, 1.165) is 0 Å². The molecule has 0 spiro atoms. The molecule has 0 amide bonds. The minimum Gasteiger partial charge on any atom is -0.480 e. The lowest BCUT2D eigenvalue weighted by atomic mass is 10.2. The molecule has 1 aromatic rings. The Morgan fingerprint density at radius 3 is 2.21 bits per heavy atom. The molecule has 0 saturated heterocycles. The van der Waals surface area contributed by atoms with Gasteiger partial charge in [0.1, 0.15) is 11.7 Å². The summed E-state index contributed by atoms with van der Waals surface area (Å²) in [7, 11) is -5.25. The van der Waals surface area contributed by atoms with Gasteiger partial charge in [-0.1, -0.05) is 5.11 Å². The Bertz CT molecular complexity index is 934. The van der Waals surface area contributed by atoms with Crippen LogP contribution in [0.25, 0.3) is 10.4 Å². The predicted molar refractivity (Wildman–Crippen MR) is 86.7 cm³/mol. The minimum absolute atomic E-state index is 0.0284. The molecule has 28 heavy (non-hydrogen) atoms. The highest BCUT2D eigenvalue weighted by atomic mass is 32.2. The van der Waals surface area contributed by atoms with Crippen molar-refractivity contribution in [1.29, 1.82) is 0 Å². The number of nitrogens with zero attached hydrogens (tertiary/aromatic N) is 4. The molecule has 0 fully saturated rings. The van der Waals surface area contributed by atoms with E-state index in [1.54, 1.807) is 0 Å². The van der Waals surface area contributed by atoms with E-state index < -0.39 is 61.8 Å². The number of hydrogen-bond acceptors (Lipinski definition) is 6. The Morgan fingerprint density at radius 1 is 1.21 bits per heavy atom. The molecule has 1 atom stereocenters. The molecular formula is C12H13F4N7O4S. The van der Waals surface area contributed by atoms with Crippen LogP contribution in [0.5, 0.6) is 0 Å². The molecule has 0 bridgehead atoms. The number of halogens is 4. The Hall–Kier alpha value is -3.10. The Balaban J connectivity index is 3.09. The predicted octanol–water partition coefficient (Wildman–Crippen LogP) is 0.970. The van der Waals surface area contributed by atoms with Crippen LogP contribution in [0.1, 0.15) is 12.8 Å². The highest BCUT2D eigenvalue weighted by Gasteiger charge is 2.33. The van der Waals surface area contributed by atoms with Crippen molar-refractivity contribution in [3.63, 3.8) is 0 Å². The van der Waals surface area contributed by atoms with Crippen molar-refractivity contribution in [2.24, 2.45) is 21.6 Å². The standard InChI is InChI=1S/C12H13F4N7O4S/c13-5-7(15)10(8(16)6(14)9(5)21-23-19)28(26,27)22-12(18)20-3-1-2-4(17)11(24)25/h4H,1-3,17H2,(H,24,25)(H3,18,20,22). The molecule has 0 heterocycles. The number of rotatable bonds is 8. The second kappa shape index (κ2) is 9.20. The maximum Gasteiger partial charge on any atom is 0.320 e. The van der Waals surface area contributed by atoms with Gasteiger partial charge in [0.25, 0.3) is 10.0 Å². The molecule has 0 saturated carbocycles. The van der Waals surface area contributed by atoms with Crippen LogP contribution in [-0.2, 0) is 14.8 Å². The molecule has 1 aromatic carbocycles. The minimum atomic E-state index is -5.25. The molecule has 6 N–H and O–H groups in total. The van der Waals surface area contributed by atoms with E-state index in [9.17, 15) is 30.8 Å². The lowest BCUT2D eigenvalue weighted by Gasteiger charge is -2.11. The smallest absolute Gasteiger partial charge is 0.320 e. The van der Waals surface area contributed by atoms with Gasteiger partial charge in [-0.2, -0.15) is 0 Å². The van der Waals surface area contributed by atoms with Crippen LogP contribution in [0.2, 0.25) is 0 Å². The molecule has 1 rings (SSSR count). The summed E-state index contributed by atoms with van der Waals surface area (Å²) in [6.07, 6.45) is 0.0438. The summed E-state index contributed by atoms with van der Waals surface area (Å²) in [5.41, 5.74) is 16.9. The maximum absolute atomic E-state index is 13.9. The first-order valence-electron chi connectivity index (χ1n) is 7.16. The highest BCUT2D eigenvalue weighted by molar-refractivity contribution is 7.90. The SMILES string of the molecule is [N-]=[N+]=Nc1c(F)c(F)c(S(=O)(=O)NC(N)=NCCCC(N)C(=O)O)c(F)c1F. The number of azide groups is 1. The molecule has 0 aliphatic rings. The van der Waals surface area contributed by atoms with Gasteiger partial charge in [0, 0.05) is 11.5 Å². The Labute approximate surface area is 154 Å². The fourth-order valence-corrected chi connectivity index (χ4v) is 2.92. The zero-order valence-electron chi connectivity index (χ0n) is 13.7. The van der Waals surface area contributed by atoms with Crippen molar-refractivity contribution in [3.8, 4) is 0 Å². The van der Waals surface area contributed by atoms with E-state index in [2.05, 4.69) is 10.1 Å². The number of guanidine groups is 1. The quantitative estimate of drug-likeness (QED) is 0.0696. The van der Waals surface area contributed by atoms with E-state index >= 15 is 0 Å². The summed E-state index contributed by atoms with van der Waals surface area (Å²) in [6, 6.07) is -1.18. The highest BCUT2D eigenvalue weighted by Crippen LogP contribution is 2.32. The fourth-order valence-electron chi connectivity index (χ4n) is 1.82. The lowest BCUT2D eigenvalue weighted by Crippen LogP contribution is -2.38. The molecule has 16 heteroatoms. The van der Waals surface area contributed by atoms with Crippen LogP contribution in [-0.4, -0.2) is 38.0 Å². The zero-order chi connectivity index (χ0) is 21.6. The third-order valence-corrected chi connectivity index (χ3v) is 4.50. The van der Waals surface area contributed by atoms with Crippen LogP contribution >= 0.6 is 0 Å². The number of aliphatic imine (C=N–C) groups is 1. The maximum atomic E-state index is 13.9. The summed E-state index contributed by atoms with van der Waals surface area (Å²) in [5, 5.41) is 11.0. The number of aliphatic carboxylic acids is 1. The third-order valence-electron chi connectivity index (χ3n) is 3.12. The number of nitrogens with one attached hydrogen (secondary N) is 1. The van der Waals surface area contributed by atoms with Crippen molar-refractivity contribution in [2.75, 3.05) is 6.54 Å². The van der Waals surface area contributed by atoms with E-state index in [0.29, 0.717) is 0 Å². The molecule has 154 valence electrons. The third kappa shape index (κ3) is 5.21. The van der Waals surface area contributed by atoms with E-state index in [4.69, 9.17) is 22.1 Å². The molecule has 11 nitrogen and oxygen atoms in total. The molecular weight excluding hydrogens is 414 g/mol. The number of nitrogens with two attached hydrogens (primary N) is 2. The monoisotopic (exact) mass is 427 g/mol. The van der Waals surface area contributed by atoms with E-state index in [-0.39, 0.29) is 19.4 Å². The second-order valence-electron chi connectivity index (χ2n) is 5.08. The number of carboxylic acids is 1. The van der Waals surface area contributed by atoms with Gasteiger partial charge < -0.3 is 16.6 Å². The van der Waals surface area contributed by atoms with Crippen molar-refractivity contribution in [3.05, 3.63) is 33.7 Å². The zero-order valence-corrected chi connectivity index (χ0v) is 14.6. The summed E-state index contributed by atoms with van der Waals surface area (Å²) >= 11 is 0. The summed E-state index contributed by atoms with van der Waals surface area (Å²) in [6.45, 7) is -0.209. The Kier molecular flexibility index (Phi) is 7.54. The number of carbonyl (C=O) groups is 1. The molecule has 1 unspecified atom stereocenters. The summed E-state index contributed by atoms with van der Waals surface area (Å²) in [5.74, 6) is -11.3. The van der Waals surface area contributed by atoms with E-state index in [1.165, 1.54) is 4.72 Å².